The maximum absolute atomic E-state index is 9.84. The van der Waals surface area contributed by atoms with Crippen LogP contribution in [0.5, 0.6) is 5.75 Å². The molecule has 0 saturated heterocycles. The van der Waals surface area contributed by atoms with Gasteiger partial charge in [0.05, 0.1) is 6.61 Å². The normalized spacial score (nSPS) is 11.6. The van der Waals surface area contributed by atoms with Crippen molar-refractivity contribution in [3.63, 3.8) is 0 Å². The lowest BCUT2D eigenvalue weighted by atomic mass is 10.1. The van der Waals surface area contributed by atoms with Gasteiger partial charge in [0, 0.05) is 0 Å². The average Bonchev–Trinajstić information content (AvgIpc) is 2.77. The summed E-state index contributed by atoms with van der Waals surface area (Å²) in [6, 6.07) is 31.4. The fourth-order valence-electron chi connectivity index (χ4n) is 4.05. The van der Waals surface area contributed by atoms with E-state index in [9.17, 15) is 5.11 Å². The number of aliphatic hydroxyl groups is 1. The van der Waals surface area contributed by atoms with Crippen LogP contribution in [0.1, 0.15) is 11.1 Å². The van der Waals surface area contributed by atoms with E-state index in [2.05, 4.69) is 73.8 Å². The Kier molecular flexibility index (Phi) is 5.52. The molecular formula is C26H26O2Si. The summed E-state index contributed by atoms with van der Waals surface area (Å²) in [6.07, 6.45) is 0. The van der Waals surface area contributed by atoms with Crippen LogP contribution < -0.4 is 15.1 Å². The molecule has 0 radical (unpaired) electrons. The van der Waals surface area contributed by atoms with Crippen LogP contribution >= 0.6 is 0 Å². The van der Waals surface area contributed by atoms with E-state index in [4.69, 9.17) is 4.74 Å². The van der Waals surface area contributed by atoms with Gasteiger partial charge in [0.1, 0.15) is 20.4 Å². The van der Waals surface area contributed by atoms with Crippen molar-refractivity contribution in [2.24, 2.45) is 0 Å². The molecule has 0 atom stereocenters. The zero-order chi connectivity index (χ0) is 20.3. The standard InChI is InChI=1S/C26H26O2Si/c1-29(2,25-13-7-6-11-22(25)18-27)26-14-8-12-21-17-23(15-16-24(21)26)28-19-20-9-4-3-5-10-20/h3-17,27H,18-19H2,1-2H3. The molecule has 0 unspecified atom stereocenters. The van der Waals surface area contributed by atoms with E-state index >= 15 is 0 Å². The van der Waals surface area contributed by atoms with Crippen molar-refractivity contribution in [2.45, 2.75) is 26.3 Å². The number of rotatable bonds is 6. The lowest BCUT2D eigenvalue weighted by Gasteiger charge is -2.27. The van der Waals surface area contributed by atoms with E-state index in [-0.39, 0.29) is 6.61 Å². The van der Waals surface area contributed by atoms with Crippen LogP contribution in [0.3, 0.4) is 0 Å². The van der Waals surface area contributed by atoms with Crippen LogP contribution in [-0.2, 0) is 13.2 Å². The van der Waals surface area contributed by atoms with E-state index in [1.54, 1.807) is 0 Å². The number of aliphatic hydroxyl groups excluding tert-OH is 1. The number of hydrogen-bond acceptors (Lipinski definition) is 2. The van der Waals surface area contributed by atoms with Gasteiger partial charge in [-0.05, 0) is 44.4 Å². The van der Waals surface area contributed by atoms with E-state index in [0.717, 1.165) is 16.9 Å². The highest BCUT2D eigenvalue weighted by atomic mass is 28.3. The zero-order valence-corrected chi connectivity index (χ0v) is 17.9. The van der Waals surface area contributed by atoms with Gasteiger partial charge in [-0.3, -0.25) is 0 Å². The molecule has 0 amide bonds. The molecule has 1 N–H and O–H groups in total. The molecule has 0 heterocycles. The third-order valence-corrected chi connectivity index (χ3v) is 9.25. The minimum absolute atomic E-state index is 0.0782. The Hall–Kier alpha value is -2.88. The molecule has 29 heavy (non-hydrogen) atoms. The first kappa shape index (κ1) is 19.4. The van der Waals surface area contributed by atoms with E-state index in [1.165, 1.54) is 21.1 Å². The zero-order valence-electron chi connectivity index (χ0n) is 16.9. The minimum Gasteiger partial charge on any atom is -0.489 e. The molecule has 4 aromatic carbocycles. The molecule has 0 fully saturated rings. The van der Waals surface area contributed by atoms with Gasteiger partial charge in [-0.25, -0.2) is 0 Å². The molecule has 3 heteroatoms. The van der Waals surface area contributed by atoms with Crippen LogP contribution in [0.15, 0.2) is 91.0 Å². The summed E-state index contributed by atoms with van der Waals surface area (Å²) in [6.45, 7) is 5.36. The summed E-state index contributed by atoms with van der Waals surface area (Å²) in [4.78, 5) is 0. The first-order valence-corrected chi connectivity index (χ1v) is 13.0. The molecule has 0 aliphatic rings. The summed E-state index contributed by atoms with van der Waals surface area (Å²) in [5, 5.41) is 15.0. The van der Waals surface area contributed by atoms with Crippen molar-refractivity contribution in [3.8, 4) is 5.75 Å². The Morgan fingerprint density at radius 2 is 1.48 bits per heavy atom. The van der Waals surface area contributed by atoms with Crippen molar-refractivity contribution >= 4 is 29.2 Å². The number of benzene rings is 4. The number of ether oxygens (including phenoxy) is 1. The maximum Gasteiger partial charge on any atom is 0.120 e. The fraction of sp³-hybridized carbons (Fsp3) is 0.154. The third-order valence-electron chi connectivity index (χ3n) is 5.63. The lowest BCUT2D eigenvalue weighted by Crippen LogP contribution is -2.54. The highest BCUT2D eigenvalue weighted by Crippen LogP contribution is 2.23. The lowest BCUT2D eigenvalue weighted by molar-refractivity contribution is 0.283. The quantitative estimate of drug-likeness (QED) is 0.476. The SMILES string of the molecule is C[Si](C)(c1ccccc1CO)c1cccc2cc(OCc3ccccc3)ccc12. The van der Waals surface area contributed by atoms with Crippen molar-refractivity contribution < 1.29 is 9.84 Å². The molecule has 146 valence electrons. The number of fused-ring (bicyclic) bond motifs is 1. The smallest absolute Gasteiger partial charge is 0.120 e. The third kappa shape index (κ3) is 3.97. The van der Waals surface area contributed by atoms with Crippen LogP contribution in [0, 0.1) is 0 Å². The molecule has 0 spiro atoms. The molecule has 0 saturated carbocycles. The van der Waals surface area contributed by atoms with Crippen molar-refractivity contribution in [1.29, 1.82) is 0 Å². The Labute approximate surface area is 173 Å². The van der Waals surface area contributed by atoms with Gasteiger partial charge in [-0.1, -0.05) is 92.0 Å². The monoisotopic (exact) mass is 398 g/mol. The van der Waals surface area contributed by atoms with Crippen LogP contribution in [0.4, 0.5) is 0 Å². The second-order valence-electron chi connectivity index (χ2n) is 7.90. The van der Waals surface area contributed by atoms with E-state index < -0.39 is 8.07 Å². The van der Waals surface area contributed by atoms with Gasteiger partial charge in [0.25, 0.3) is 0 Å². The van der Waals surface area contributed by atoms with Gasteiger partial charge < -0.3 is 9.84 Å². The highest BCUT2D eigenvalue weighted by Gasteiger charge is 2.29. The summed E-state index contributed by atoms with van der Waals surface area (Å²) in [7, 11) is -1.97. The Morgan fingerprint density at radius 1 is 0.759 bits per heavy atom. The largest absolute Gasteiger partial charge is 0.489 e. The summed E-state index contributed by atoms with van der Waals surface area (Å²) in [5.41, 5.74) is 2.19. The second-order valence-corrected chi connectivity index (χ2v) is 12.2. The van der Waals surface area contributed by atoms with Crippen LogP contribution in [-0.4, -0.2) is 13.2 Å². The molecule has 0 bridgehead atoms. The molecule has 0 aromatic heterocycles. The summed E-state index contributed by atoms with van der Waals surface area (Å²) < 4.78 is 6.03. The first-order valence-electron chi connectivity index (χ1n) is 9.99. The predicted molar refractivity (Wildman–Crippen MR) is 124 cm³/mol. The topological polar surface area (TPSA) is 29.5 Å². The molecule has 2 nitrogen and oxygen atoms in total. The molecule has 4 aromatic rings. The fourth-order valence-corrected chi connectivity index (χ4v) is 7.23. The first-order chi connectivity index (χ1) is 14.1. The van der Waals surface area contributed by atoms with Gasteiger partial charge in [0.2, 0.25) is 0 Å². The molecule has 4 rings (SSSR count). The van der Waals surface area contributed by atoms with Gasteiger partial charge in [-0.15, -0.1) is 0 Å². The Balaban J connectivity index is 1.69. The van der Waals surface area contributed by atoms with Gasteiger partial charge in [0.15, 0.2) is 0 Å². The predicted octanol–water partition coefficient (Wildman–Crippen LogP) is 4.73. The van der Waals surface area contributed by atoms with Crippen molar-refractivity contribution in [1.82, 2.24) is 0 Å². The van der Waals surface area contributed by atoms with E-state index in [0.29, 0.717) is 6.61 Å². The summed E-state index contributed by atoms with van der Waals surface area (Å²) >= 11 is 0. The van der Waals surface area contributed by atoms with Crippen molar-refractivity contribution in [3.05, 3.63) is 102 Å². The Bertz CT molecular complexity index is 1120. The van der Waals surface area contributed by atoms with Gasteiger partial charge in [-0.2, -0.15) is 0 Å². The second kappa shape index (κ2) is 8.24. The average molecular weight is 399 g/mol. The van der Waals surface area contributed by atoms with Crippen LogP contribution in [0.25, 0.3) is 10.8 Å². The minimum atomic E-state index is -1.97. The Morgan fingerprint density at radius 3 is 2.28 bits per heavy atom. The molecular weight excluding hydrogens is 372 g/mol. The number of hydrogen-bond donors (Lipinski definition) is 1. The maximum atomic E-state index is 9.84. The van der Waals surface area contributed by atoms with Gasteiger partial charge >= 0.3 is 0 Å². The molecule has 0 aliphatic heterocycles. The van der Waals surface area contributed by atoms with Crippen molar-refractivity contribution in [2.75, 3.05) is 0 Å². The molecule has 0 aliphatic carbocycles. The van der Waals surface area contributed by atoms with E-state index in [1.807, 2.05) is 30.3 Å². The van der Waals surface area contributed by atoms with Crippen LogP contribution in [0.2, 0.25) is 13.1 Å². The highest BCUT2D eigenvalue weighted by molar-refractivity contribution is 7.02. The summed E-state index contributed by atoms with van der Waals surface area (Å²) in [5.74, 6) is 0.883.